The number of hydrogen-bond acceptors (Lipinski definition) is 9. The number of carbonyl (C=O) groups excluding carboxylic acids is 1. The van der Waals surface area contributed by atoms with Crippen molar-refractivity contribution in [3.63, 3.8) is 0 Å². The molecule has 1 aliphatic rings. The lowest BCUT2D eigenvalue weighted by molar-refractivity contribution is -0.383. The quantitative estimate of drug-likeness (QED) is 0.545. The number of anilines is 3. The number of nitro groups is 1. The minimum atomic E-state index is -1.34. The first-order valence-corrected chi connectivity index (χ1v) is 7.28. The molecule has 1 aliphatic heterocycles. The van der Waals surface area contributed by atoms with Crippen molar-refractivity contribution in [3.8, 4) is 0 Å². The molecule has 2 rings (SSSR count). The molecule has 0 saturated carbocycles. The first kappa shape index (κ1) is 16.7. The second kappa shape index (κ2) is 6.63. The Bertz CT molecular complexity index is 613. The molecule has 0 radical (unpaired) electrons. The number of carboxylic acids is 1. The van der Waals surface area contributed by atoms with Crippen LogP contribution in [0.3, 0.4) is 0 Å². The molecule has 0 bridgehead atoms. The molecule has 2 atom stereocenters. The number of carbonyl (C=O) groups is 1. The number of nitrogens with zero attached hydrogens (tertiary/aromatic N) is 4. The smallest absolute Gasteiger partial charge is 0.353 e. The molecule has 0 amide bonds. The van der Waals surface area contributed by atoms with E-state index in [-0.39, 0.29) is 23.3 Å². The molecule has 23 heavy (non-hydrogen) atoms. The maximum atomic E-state index is 11.3. The number of hydrogen-bond donors (Lipinski definition) is 2. The Morgan fingerprint density at radius 3 is 2.52 bits per heavy atom. The van der Waals surface area contributed by atoms with Crippen molar-refractivity contribution in [1.82, 2.24) is 9.97 Å². The molecular formula is C13H19N6O4-. The summed E-state index contributed by atoms with van der Waals surface area (Å²) in [7, 11) is 0. The lowest BCUT2D eigenvalue weighted by atomic mass is 9.92. The fourth-order valence-electron chi connectivity index (χ4n) is 2.92. The summed E-state index contributed by atoms with van der Waals surface area (Å²) in [5, 5.41) is 24.3. The number of nitrogens with one attached hydrogen (secondary N) is 1. The van der Waals surface area contributed by atoms with Crippen LogP contribution in [0.25, 0.3) is 0 Å². The van der Waals surface area contributed by atoms with Crippen LogP contribution in [0.1, 0.15) is 20.3 Å². The van der Waals surface area contributed by atoms with E-state index in [0.29, 0.717) is 24.9 Å². The predicted octanol–water partition coefficient (Wildman–Crippen LogP) is -0.389. The van der Waals surface area contributed by atoms with Crippen LogP contribution in [0, 0.1) is 22.0 Å². The first-order valence-electron chi connectivity index (χ1n) is 7.28. The zero-order valence-corrected chi connectivity index (χ0v) is 13.0. The van der Waals surface area contributed by atoms with Gasteiger partial charge in [0.05, 0.1) is 17.4 Å². The van der Waals surface area contributed by atoms with Crippen molar-refractivity contribution in [1.29, 1.82) is 0 Å². The van der Waals surface area contributed by atoms with Gasteiger partial charge in [-0.25, -0.2) is 0 Å². The van der Waals surface area contributed by atoms with E-state index in [2.05, 4.69) is 29.1 Å². The van der Waals surface area contributed by atoms with Crippen molar-refractivity contribution in [3.05, 3.63) is 10.1 Å². The number of piperidine rings is 1. The summed E-state index contributed by atoms with van der Waals surface area (Å²) in [6.45, 7) is 4.84. The van der Waals surface area contributed by atoms with Gasteiger partial charge in [-0.05, 0) is 18.3 Å². The molecule has 126 valence electrons. The largest absolute Gasteiger partial charge is 0.548 e. The molecule has 3 N–H and O–H groups in total. The second-order valence-electron chi connectivity index (χ2n) is 5.94. The van der Waals surface area contributed by atoms with Gasteiger partial charge in [-0.1, -0.05) is 13.8 Å². The fraction of sp³-hybridized carbons (Fsp3) is 0.615. The number of aliphatic carboxylic acids is 1. The van der Waals surface area contributed by atoms with E-state index < -0.39 is 17.4 Å². The highest BCUT2D eigenvalue weighted by atomic mass is 16.6. The number of nitrogen functional groups attached to an aromatic ring is 1. The van der Waals surface area contributed by atoms with Crippen LogP contribution in [-0.4, -0.2) is 40.5 Å². The Balaban J connectivity index is 2.41. The summed E-state index contributed by atoms with van der Waals surface area (Å²) in [5.74, 6) is -0.887. The summed E-state index contributed by atoms with van der Waals surface area (Å²) >= 11 is 0. The summed E-state index contributed by atoms with van der Waals surface area (Å²) in [5.41, 5.74) is 5.33. The third kappa shape index (κ3) is 3.96. The summed E-state index contributed by atoms with van der Waals surface area (Å²) in [6.07, 6.45) is 1.03. The molecule has 10 nitrogen and oxygen atoms in total. The third-order valence-corrected chi connectivity index (χ3v) is 3.63. The Morgan fingerprint density at radius 2 is 2.00 bits per heavy atom. The van der Waals surface area contributed by atoms with E-state index in [0.717, 1.165) is 6.42 Å². The Morgan fingerprint density at radius 1 is 1.39 bits per heavy atom. The van der Waals surface area contributed by atoms with E-state index in [1.807, 2.05) is 0 Å². The number of rotatable bonds is 5. The molecule has 2 heterocycles. The van der Waals surface area contributed by atoms with Crippen molar-refractivity contribution < 1.29 is 14.8 Å². The maximum Gasteiger partial charge on any atom is 0.353 e. The SMILES string of the molecule is C[C@@H]1C[C@@H](C)CN(c2nc(NCC(=O)[O-])nc(N)c2[N+](=O)[O-])C1. The zero-order chi connectivity index (χ0) is 17.1. The molecule has 10 heteroatoms. The maximum absolute atomic E-state index is 11.3. The minimum absolute atomic E-state index is 0.0711. The van der Waals surface area contributed by atoms with Crippen LogP contribution in [0.4, 0.5) is 23.3 Å². The summed E-state index contributed by atoms with van der Waals surface area (Å²) in [4.78, 5) is 30.9. The van der Waals surface area contributed by atoms with Gasteiger partial charge < -0.3 is 25.9 Å². The second-order valence-corrected chi connectivity index (χ2v) is 5.94. The topological polar surface area (TPSA) is 150 Å². The molecule has 0 aromatic carbocycles. The zero-order valence-electron chi connectivity index (χ0n) is 13.0. The molecule has 1 saturated heterocycles. The number of aromatic nitrogens is 2. The van der Waals surface area contributed by atoms with Crippen LogP contribution >= 0.6 is 0 Å². The Hall–Kier alpha value is -2.65. The van der Waals surface area contributed by atoms with Gasteiger partial charge in [-0.2, -0.15) is 9.97 Å². The normalized spacial score (nSPS) is 21.0. The highest BCUT2D eigenvalue weighted by molar-refractivity contribution is 5.73. The third-order valence-electron chi connectivity index (χ3n) is 3.63. The van der Waals surface area contributed by atoms with Crippen LogP contribution in [0.5, 0.6) is 0 Å². The fourth-order valence-corrected chi connectivity index (χ4v) is 2.92. The lowest BCUT2D eigenvalue weighted by Gasteiger charge is -2.35. The number of carboxylic acid groups (broad SMARTS) is 1. The molecule has 1 aromatic rings. The predicted molar refractivity (Wildman–Crippen MR) is 81.8 cm³/mol. The van der Waals surface area contributed by atoms with Crippen LogP contribution in [0.2, 0.25) is 0 Å². The van der Waals surface area contributed by atoms with Gasteiger partial charge >= 0.3 is 5.69 Å². The van der Waals surface area contributed by atoms with Crippen molar-refractivity contribution >= 4 is 29.2 Å². The van der Waals surface area contributed by atoms with Crippen molar-refractivity contribution in [2.45, 2.75) is 20.3 Å². The van der Waals surface area contributed by atoms with Gasteiger partial charge in [0.2, 0.25) is 17.6 Å². The Labute approximate surface area is 132 Å². The highest BCUT2D eigenvalue weighted by Gasteiger charge is 2.31. The van der Waals surface area contributed by atoms with Gasteiger partial charge in [0.15, 0.2) is 0 Å². The molecule has 1 aromatic heterocycles. The lowest BCUT2D eigenvalue weighted by Crippen LogP contribution is -2.40. The van der Waals surface area contributed by atoms with Crippen LogP contribution < -0.4 is 21.1 Å². The average molecular weight is 323 g/mol. The van der Waals surface area contributed by atoms with Crippen LogP contribution in [-0.2, 0) is 4.79 Å². The Kier molecular flexibility index (Phi) is 4.82. The van der Waals surface area contributed by atoms with E-state index in [9.17, 15) is 20.0 Å². The van der Waals surface area contributed by atoms with Gasteiger partial charge in [0, 0.05) is 13.1 Å². The summed E-state index contributed by atoms with van der Waals surface area (Å²) < 4.78 is 0. The number of nitrogens with two attached hydrogens (primary N) is 1. The molecule has 0 aliphatic carbocycles. The standard InChI is InChI=1S/C13H20N6O4/c1-7-3-8(2)6-18(5-7)12-10(19(22)23)11(14)16-13(17-12)15-4-9(20)21/h7-8H,3-6H2,1-2H3,(H,20,21)(H3,14,15,16,17)/p-1/t7-,8-/m1/s1. The van der Waals surface area contributed by atoms with E-state index in [1.54, 1.807) is 4.90 Å². The van der Waals surface area contributed by atoms with Gasteiger partial charge in [-0.15, -0.1) is 0 Å². The first-order chi connectivity index (χ1) is 10.8. The molecule has 1 fully saturated rings. The minimum Gasteiger partial charge on any atom is -0.548 e. The highest BCUT2D eigenvalue weighted by Crippen LogP contribution is 2.35. The molecular weight excluding hydrogens is 304 g/mol. The monoisotopic (exact) mass is 323 g/mol. The van der Waals surface area contributed by atoms with Crippen molar-refractivity contribution in [2.24, 2.45) is 11.8 Å². The van der Waals surface area contributed by atoms with E-state index >= 15 is 0 Å². The van der Waals surface area contributed by atoms with Crippen LogP contribution in [0.15, 0.2) is 0 Å². The summed E-state index contributed by atoms with van der Waals surface area (Å²) in [6, 6.07) is 0. The molecule has 0 spiro atoms. The van der Waals surface area contributed by atoms with E-state index in [4.69, 9.17) is 5.73 Å². The van der Waals surface area contributed by atoms with Gasteiger partial charge in [-0.3, -0.25) is 10.1 Å². The van der Waals surface area contributed by atoms with Crippen molar-refractivity contribution in [2.75, 3.05) is 35.6 Å². The average Bonchev–Trinajstić information content (AvgIpc) is 2.42. The van der Waals surface area contributed by atoms with Gasteiger partial charge in [0.1, 0.15) is 0 Å². The molecule has 0 unspecified atom stereocenters. The van der Waals surface area contributed by atoms with E-state index in [1.165, 1.54) is 0 Å². The van der Waals surface area contributed by atoms with Gasteiger partial charge in [0.25, 0.3) is 0 Å².